The molecule has 0 radical (unpaired) electrons. The lowest BCUT2D eigenvalue weighted by atomic mass is 10.2. The number of anilines is 1. The summed E-state index contributed by atoms with van der Waals surface area (Å²) in [6.45, 7) is 5.22. The quantitative estimate of drug-likeness (QED) is 0.826. The topological polar surface area (TPSA) is 75.4 Å². The third-order valence-electron chi connectivity index (χ3n) is 5.63. The van der Waals surface area contributed by atoms with E-state index in [-0.39, 0.29) is 11.7 Å². The van der Waals surface area contributed by atoms with Crippen LogP contribution in [0.3, 0.4) is 0 Å². The molecule has 1 N–H and O–H groups in total. The van der Waals surface area contributed by atoms with Crippen LogP contribution in [0.5, 0.6) is 0 Å². The number of carbonyl (C=O) groups is 1. The van der Waals surface area contributed by atoms with Gasteiger partial charge in [0.25, 0.3) is 0 Å². The summed E-state index contributed by atoms with van der Waals surface area (Å²) in [5.74, 6) is 0.919. The number of benzene rings is 1. The van der Waals surface area contributed by atoms with Crippen molar-refractivity contribution in [2.24, 2.45) is 0 Å². The first-order valence-electron chi connectivity index (χ1n) is 10.3. The maximum absolute atomic E-state index is 12.6. The molecule has 156 valence electrons. The van der Waals surface area contributed by atoms with Gasteiger partial charge in [0, 0.05) is 49.9 Å². The summed E-state index contributed by atoms with van der Waals surface area (Å²) in [6.07, 6.45) is 3.96. The average molecular weight is 419 g/mol. The highest BCUT2D eigenvalue weighted by Gasteiger charge is 2.20. The number of rotatable bonds is 4. The highest BCUT2D eigenvalue weighted by molar-refractivity contribution is 6.30. The minimum absolute atomic E-state index is 0.0125. The van der Waals surface area contributed by atoms with E-state index in [0.29, 0.717) is 24.7 Å². The maximum Gasteiger partial charge on any atom is 0.345 e. The fourth-order valence-corrected chi connectivity index (χ4v) is 4.09. The first-order valence-corrected chi connectivity index (χ1v) is 10.7. The second kappa shape index (κ2) is 9.00. The Hall–Kier alpha value is -2.32. The van der Waals surface area contributed by atoms with Crippen molar-refractivity contribution in [1.29, 1.82) is 0 Å². The molecule has 3 heterocycles. The van der Waals surface area contributed by atoms with E-state index in [1.165, 1.54) is 0 Å². The average Bonchev–Trinajstić information content (AvgIpc) is 2.90. The molecule has 2 aliphatic rings. The van der Waals surface area contributed by atoms with E-state index in [4.69, 9.17) is 11.6 Å². The summed E-state index contributed by atoms with van der Waals surface area (Å²) in [5.41, 5.74) is 0.752. The molecule has 1 aromatic carbocycles. The summed E-state index contributed by atoms with van der Waals surface area (Å²) in [5, 5.41) is 8.08. The normalized spacial score (nSPS) is 17.6. The number of hydrogen-bond acceptors (Lipinski definition) is 4. The molecule has 8 nitrogen and oxygen atoms in total. The Morgan fingerprint density at radius 2 is 1.83 bits per heavy atom. The number of carbonyl (C=O) groups excluding carboxylic acids is 1. The van der Waals surface area contributed by atoms with E-state index in [9.17, 15) is 9.59 Å². The van der Waals surface area contributed by atoms with Crippen molar-refractivity contribution in [2.45, 2.75) is 38.8 Å². The molecule has 0 saturated carbocycles. The smallest absolute Gasteiger partial charge is 0.323 e. The maximum atomic E-state index is 12.6. The van der Waals surface area contributed by atoms with Crippen LogP contribution < -0.4 is 11.0 Å². The second-order valence-corrected chi connectivity index (χ2v) is 8.09. The largest absolute Gasteiger partial charge is 0.345 e. The van der Waals surface area contributed by atoms with Gasteiger partial charge >= 0.3 is 11.7 Å². The molecule has 2 aromatic rings. The highest BCUT2D eigenvalue weighted by atomic mass is 35.5. The Labute approximate surface area is 175 Å². The number of hydrogen-bond donors (Lipinski definition) is 1. The molecule has 1 fully saturated rings. The molecule has 2 amide bonds. The van der Waals surface area contributed by atoms with Gasteiger partial charge in [-0.25, -0.2) is 14.3 Å². The van der Waals surface area contributed by atoms with Gasteiger partial charge in [-0.15, -0.1) is 0 Å². The van der Waals surface area contributed by atoms with Gasteiger partial charge in [0.15, 0.2) is 0 Å². The molecular formula is C20H27ClN6O2. The molecule has 0 aliphatic carbocycles. The van der Waals surface area contributed by atoms with Crippen LogP contribution in [0.15, 0.2) is 29.1 Å². The molecule has 0 spiro atoms. The first-order chi connectivity index (χ1) is 14.1. The molecule has 0 unspecified atom stereocenters. The number of urea groups is 1. The van der Waals surface area contributed by atoms with Crippen molar-refractivity contribution >= 4 is 23.3 Å². The summed E-state index contributed by atoms with van der Waals surface area (Å²) in [7, 11) is 0. The van der Waals surface area contributed by atoms with E-state index in [0.717, 1.165) is 63.4 Å². The minimum atomic E-state index is -0.0906. The molecule has 29 heavy (non-hydrogen) atoms. The van der Waals surface area contributed by atoms with Gasteiger partial charge in [-0.3, -0.25) is 9.47 Å². The van der Waals surface area contributed by atoms with Crippen molar-refractivity contribution in [3.05, 3.63) is 45.6 Å². The number of amides is 2. The third-order valence-corrected chi connectivity index (χ3v) is 5.88. The van der Waals surface area contributed by atoms with Gasteiger partial charge in [0.1, 0.15) is 5.82 Å². The number of nitrogens with one attached hydrogen (secondary N) is 1. The number of aryl methyl sites for hydroxylation is 1. The van der Waals surface area contributed by atoms with Crippen LogP contribution in [0.1, 0.15) is 25.1 Å². The Balaban J connectivity index is 1.29. The van der Waals surface area contributed by atoms with E-state index < -0.39 is 0 Å². The Kier molecular flexibility index (Phi) is 6.20. The molecular weight excluding hydrogens is 392 g/mol. The zero-order chi connectivity index (χ0) is 20.2. The third kappa shape index (κ3) is 4.82. The van der Waals surface area contributed by atoms with Crippen molar-refractivity contribution in [1.82, 2.24) is 24.1 Å². The Morgan fingerprint density at radius 1 is 1.00 bits per heavy atom. The zero-order valence-electron chi connectivity index (χ0n) is 16.5. The van der Waals surface area contributed by atoms with Gasteiger partial charge in [-0.2, -0.15) is 5.10 Å². The summed E-state index contributed by atoms with van der Waals surface area (Å²) in [4.78, 5) is 29.2. The number of nitrogens with zero attached hydrogens (tertiary/aromatic N) is 5. The fraction of sp³-hybridized carbons (Fsp3) is 0.550. The van der Waals surface area contributed by atoms with Crippen molar-refractivity contribution in [3.8, 4) is 0 Å². The van der Waals surface area contributed by atoms with Crippen LogP contribution in [-0.2, 0) is 19.5 Å². The molecule has 9 heteroatoms. The lowest BCUT2D eigenvalue weighted by Gasteiger charge is -2.22. The predicted molar refractivity (Wildman–Crippen MR) is 113 cm³/mol. The lowest BCUT2D eigenvalue weighted by molar-refractivity contribution is 0.210. The van der Waals surface area contributed by atoms with Crippen LogP contribution >= 0.6 is 11.6 Å². The van der Waals surface area contributed by atoms with Gasteiger partial charge in [-0.05, 0) is 50.1 Å². The SMILES string of the molecule is O=C(Nc1ccc(Cl)cc1)N1CCCN(CCn2nc3n(c2=O)CCCC3)CC1. The van der Waals surface area contributed by atoms with Crippen molar-refractivity contribution < 1.29 is 4.79 Å². The van der Waals surface area contributed by atoms with Crippen molar-refractivity contribution in [3.63, 3.8) is 0 Å². The monoisotopic (exact) mass is 418 g/mol. The van der Waals surface area contributed by atoms with Crippen LogP contribution in [0.4, 0.5) is 10.5 Å². The van der Waals surface area contributed by atoms with E-state index >= 15 is 0 Å². The van der Waals surface area contributed by atoms with Crippen LogP contribution in [-0.4, -0.2) is 62.9 Å². The Morgan fingerprint density at radius 3 is 2.62 bits per heavy atom. The molecule has 2 aliphatic heterocycles. The van der Waals surface area contributed by atoms with E-state index in [1.54, 1.807) is 28.9 Å². The van der Waals surface area contributed by atoms with Crippen molar-refractivity contribution in [2.75, 3.05) is 38.0 Å². The first kappa shape index (κ1) is 20.0. The molecule has 0 atom stereocenters. The predicted octanol–water partition coefficient (Wildman–Crippen LogP) is 2.27. The van der Waals surface area contributed by atoms with Crippen LogP contribution in [0.25, 0.3) is 0 Å². The second-order valence-electron chi connectivity index (χ2n) is 7.65. The minimum Gasteiger partial charge on any atom is -0.323 e. The summed E-state index contributed by atoms with van der Waals surface area (Å²) in [6, 6.07) is 7.03. The number of aromatic nitrogens is 3. The summed E-state index contributed by atoms with van der Waals surface area (Å²) < 4.78 is 3.42. The van der Waals surface area contributed by atoms with Gasteiger partial charge in [-0.1, -0.05) is 11.6 Å². The van der Waals surface area contributed by atoms with Crippen LogP contribution in [0.2, 0.25) is 5.02 Å². The molecule has 1 saturated heterocycles. The Bertz CT molecular complexity index is 907. The van der Waals surface area contributed by atoms with Gasteiger partial charge in [0.2, 0.25) is 0 Å². The zero-order valence-corrected chi connectivity index (χ0v) is 17.3. The molecule has 0 bridgehead atoms. The fourth-order valence-electron chi connectivity index (χ4n) is 3.96. The molecule has 4 rings (SSSR count). The van der Waals surface area contributed by atoms with Gasteiger partial charge in [0.05, 0.1) is 6.54 Å². The highest BCUT2D eigenvalue weighted by Crippen LogP contribution is 2.15. The van der Waals surface area contributed by atoms with Gasteiger partial charge < -0.3 is 10.2 Å². The van der Waals surface area contributed by atoms with E-state index in [2.05, 4.69) is 15.3 Å². The number of halogens is 1. The number of fused-ring (bicyclic) bond motifs is 1. The van der Waals surface area contributed by atoms with Crippen LogP contribution in [0, 0.1) is 0 Å². The van der Waals surface area contributed by atoms with E-state index in [1.807, 2.05) is 9.47 Å². The molecule has 1 aromatic heterocycles. The lowest BCUT2D eigenvalue weighted by Crippen LogP contribution is -2.39. The summed E-state index contributed by atoms with van der Waals surface area (Å²) >= 11 is 5.89. The standard InChI is InChI=1S/C20H27ClN6O2/c21-16-5-7-17(8-6-16)22-19(28)25-10-3-9-24(12-14-25)13-15-27-20(29)26-11-2-1-4-18(26)23-27/h5-8H,1-4,9-15H2,(H,22,28).